The predicted octanol–water partition coefficient (Wildman–Crippen LogP) is 3.87. The summed E-state index contributed by atoms with van der Waals surface area (Å²) in [7, 11) is 0. The van der Waals surface area contributed by atoms with Gasteiger partial charge in [-0.2, -0.15) is 0 Å². The first kappa shape index (κ1) is 13.9. The van der Waals surface area contributed by atoms with E-state index in [1.165, 1.54) is 12.1 Å². The van der Waals surface area contributed by atoms with Crippen molar-refractivity contribution in [2.45, 2.75) is 31.8 Å². The lowest BCUT2D eigenvalue weighted by atomic mass is 9.83. The van der Waals surface area contributed by atoms with Crippen molar-refractivity contribution in [1.82, 2.24) is 9.47 Å². The third-order valence-corrected chi connectivity index (χ3v) is 5.18. The number of fused-ring (bicyclic) bond motifs is 1. The minimum Gasteiger partial charge on any atom is -0.348 e. The lowest BCUT2D eigenvalue weighted by Gasteiger charge is -2.41. The van der Waals surface area contributed by atoms with E-state index in [0.29, 0.717) is 5.91 Å². The minimum absolute atomic E-state index is 0.0180. The predicted molar refractivity (Wildman–Crippen MR) is 86.8 cm³/mol. The standard InChI is InChI=1S/C18H19ClN2O/c19-15-7-2-6-14(12-15)17-16-8-3-9-20(16)10-11-21(17)18(22)13-4-1-5-13/h2-3,6-9,12-13,17H,1,4-5,10-11H2. The van der Waals surface area contributed by atoms with Gasteiger partial charge in [-0.05, 0) is 42.7 Å². The van der Waals surface area contributed by atoms with Crippen molar-refractivity contribution in [2.24, 2.45) is 5.92 Å². The number of benzene rings is 1. The van der Waals surface area contributed by atoms with E-state index in [2.05, 4.69) is 33.9 Å². The van der Waals surface area contributed by atoms with E-state index >= 15 is 0 Å². The monoisotopic (exact) mass is 314 g/mol. The van der Waals surface area contributed by atoms with E-state index in [-0.39, 0.29) is 12.0 Å². The fraction of sp³-hybridized carbons (Fsp3) is 0.389. The van der Waals surface area contributed by atoms with Gasteiger partial charge in [0.15, 0.2) is 0 Å². The Bertz CT molecular complexity index is 705. The Kier molecular flexibility index (Phi) is 3.45. The molecule has 1 aliphatic carbocycles. The zero-order chi connectivity index (χ0) is 15.1. The number of nitrogens with zero attached hydrogens (tertiary/aromatic N) is 2. The first-order chi connectivity index (χ1) is 10.7. The zero-order valence-corrected chi connectivity index (χ0v) is 13.2. The fourth-order valence-electron chi connectivity index (χ4n) is 3.54. The number of rotatable bonds is 2. The molecule has 1 saturated carbocycles. The first-order valence-corrected chi connectivity index (χ1v) is 8.33. The van der Waals surface area contributed by atoms with Gasteiger partial charge in [-0.1, -0.05) is 30.2 Å². The fourth-order valence-corrected chi connectivity index (χ4v) is 3.74. The van der Waals surface area contributed by atoms with Crippen LogP contribution in [-0.2, 0) is 11.3 Å². The number of hydrogen-bond acceptors (Lipinski definition) is 1. The van der Waals surface area contributed by atoms with Crippen molar-refractivity contribution in [1.29, 1.82) is 0 Å². The van der Waals surface area contributed by atoms with E-state index in [1.54, 1.807) is 0 Å². The molecule has 2 heterocycles. The summed E-state index contributed by atoms with van der Waals surface area (Å²) in [6.07, 6.45) is 5.36. The van der Waals surface area contributed by atoms with Gasteiger partial charge in [0, 0.05) is 35.9 Å². The molecule has 1 aliphatic heterocycles. The average molecular weight is 315 g/mol. The van der Waals surface area contributed by atoms with Crippen LogP contribution in [0.1, 0.15) is 36.6 Å². The molecular formula is C18H19ClN2O. The molecule has 1 amide bonds. The molecule has 1 unspecified atom stereocenters. The molecule has 0 bridgehead atoms. The van der Waals surface area contributed by atoms with E-state index in [1.807, 2.05) is 18.2 Å². The molecule has 22 heavy (non-hydrogen) atoms. The van der Waals surface area contributed by atoms with Gasteiger partial charge >= 0.3 is 0 Å². The van der Waals surface area contributed by atoms with Gasteiger partial charge in [0.25, 0.3) is 0 Å². The van der Waals surface area contributed by atoms with Crippen LogP contribution < -0.4 is 0 Å². The Morgan fingerprint density at radius 3 is 2.73 bits per heavy atom. The van der Waals surface area contributed by atoms with Crippen LogP contribution >= 0.6 is 11.6 Å². The van der Waals surface area contributed by atoms with E-state index in [9.17, 15) is 4.79 Å². The maximum atomic E-state index is 12.9. The van der Waals surface area contributed by atoms with Crippen LogP contribution in [0.25, 0.3) is 0 Å². The Morgan fingerprint density at radius 2 is 2.00 bits per heavy atom. The molecule has 0 N–H and O–H groups in total. The molecule has 114 valence electrons. The van der Waals surface area contributed by atoms with Gasteiger partial charge < -0.3 is 9.47 Å². The highest BCUT2D eigenvalue weighted by Gasteiger charge is 2.37. The number of carbonyl (C=O) groups is 1. The van der Waals surface area contributed by atoms with Gasteiger partial charge in [-0.15, -0.1) is 0 Å². The van der Waals surface area contributed by atoms with Gasteiger partial charge in [0.1, 0.15) is 0 Å². The smallest absolute Gasteiger partial charge is 0.226 e. The number of carbonyl (C=O) groups excluding carboxylic acids is 1. The van der Waals surface area contributed by atoms with Crippen LogP contribution in [-0.4, -0.2) is 21.9 Å². The van der Waals surface area contributed by atoms with Crippen LogP contribution in [0.2, 0.25) is 5.02 Å². The summed E-state index contributed by atoms with van der Waals surface area (Å²) in [4.78, 5) is 14.9. The minimum atomic E-state index is -0.0180. The molecular weight excluding hydrogens is 296 g/mol. The summed E-state index contributed by atoms with van der Waals surface area (Å²) in [6, 6.07) is 12.1. The molecule has 0 spiro atoms. The zero-order valence-electron chi connectivity index (χ0n) is 12.4. The van der Waals surface area contributed by atoms with E-state index in [4.69, 9.17) is 11.6 Å². The lowest BCUT2D eigenvalue weighted by Crippen LogP contribution is -2.46. The summed E-state index contributed by atoms with van der Waals surface area (Å²) in [6.45, 7) is 1.64. The van der Waals surface area contributed by atoms with Crippen molar-refractivity contribution in [3.63, 3.8) is 0 Å². The van der Waals surface area contributed by atoms with Gasteiger partial charge in [0.05, 0.1) is 6.04 Å². The second-order valence-corrected chi connectivity index (χ2v) is 6.68. The molecule has 1 fully saturated rings. The number of halogens is 1. The Morgan fingerprint density at radius 1 is 1.14 bits per heavy atom. The topological polar surface area (TPSA) is 25.2 Å². The van der Waals surface area contributed by atoms with Gasteiger partial charge in [0.2, 0.25) is 5.91 Å². The first-order valence-electron chi connectivity index (χ1n) is 7.95. The highest BCUT2D eigenvalue weighted by atomic mass is 35.5. The van der Waals surface area contributed by atoms with Crippen molar-refractivity contribution >= 4 is 17.5 Å². The molecule has 1 aromatic heterocycles. The quantitative estimate of drug-likeness (QED) is 0.826. The van der Waals surface area contributed by atoms with E-state index < -0.39 is 0 Å². The molecule has 1 atom stereocenters. The van der Waals surface area contributed by atoms with Gasteiger partial charge in [-0.25, -0.2) is 0 Å². The molecule has 4 heteroatoms. The highest BCUT2D eigenvalue weighted by Crippen LogP contribution is 2.37. The SMILES string of the molecule is O=C(C1CCC1)N1CCn2cccc2C1c1cccc(Cl)c1. The number of aromatic nitrogens is 1. The second-order valence-electron chi connectivity index (χ2n) is 6.24. The van der Waals surface area contributed by atoms with E-state index in [0.717, 1.165) is 36.5 Å². The molecule has 0 radical (unpaired) electrons. The summed E-state index contributed by atoms with van der Waals surface area (Å²) >= 11 is 6.18. The summed E-state index contributed by atoms with van der Waals surface area (Å²) < 4.78 is 2.25. The summed E-state index contributed by atoms with van der Waals surface area (Å²) in [5.41, 5.74) is 2.28. The van der Waals surface area contributed by atoms with Crippen molar-refractivity contribution < 1.29 is 4.79 Å². The average Bonchev–Trinajstić information content (AvgIpc) is 2.92. The Labute approximate surface area is 135 Å². The molecule has 4 rings (SSSR count). The van der Waals surface area contributed by atoms with Crippen LogP contribution in [0.15, 0.2) is 42.6 Å². The second kappa shape index (κ2) is 5.47. The maximum absolute atomic E-state index is 12.9. The molecule has 2 aromatic rings. The third kappa shape index (κ3) is 2.24. The van der Waals surface area contributed by atoms with Gasteiger partial charge in [-0.3, -0.25) is 4.79 Å². The number of hydrogen-bond donors (Lipinski definition) is 0. The molecule has 3 nitrogen and oxygen atoms in total. The maximum Gasteiger partial charge on any atom is 0.226 e. The number of amides is 1. The molecule has 2 aliphatic rings. The van der Waals surface area contributed by atoms with Crippen molar-refractivity contribution in [3.8, 4) is 0 Å². The van der Waals surface area contributed by atoms with Crippen LogP contribution in [0.4, 0.5) is 0 Å². The summed E-state index contributed by atoms with van der Waals surface area (Å²) in [5.74, 6) is 0.534. The highest BCUT2D eigenvalue weighted by molar-refractivity contribution is 6.30. The Balaban J connectivity index is 1.76. The summed E-state index contributed by atoms with van der Waals surface area (Å²) in [5, 5.41) is 0.720. The van der Waals surface area contributed by atoms with Crippen LogP contribution in [0.3, 0.4) is 0 Å². The Hall–Kier alpha value is -1.74. The molecule has 1 aromatic carbocycles. The van der Waals surface area contributed by atoms with Crippen molar-refractivity contribution in [3.05, 3.63) is 58.9 Å². The lowest BCUT2D eigenvalue weighted by molar-refractivity contribution is -0.141. The normalized spacial score (nSPS) is 21.3. The van der Waals surface area contributed by atoms with Crippen LogP contribution in [0.5, 0.6) is 0 Å². The third-order valence-electron chi connectivity index (χ3n) is 4.94. The largest absolute Gasteiger partial charge is 0.348 e. The molecule has 0 saturated heterocycles. The van der Waals surface area contributed by atoms with Crippen molar-refractivity contribution in [2.75, 3.05) is 6.54 Å². The van der Waals surface area contributed by atoms with Crippen LogP contribution in [0, 0.1) is 5.92 Å².